The van der Waals surface area contributed by atoms with E-state index in [1.165, 1.54) is 49.4 Å². The third-order valence-electron chi connectivity index (χ3n) is 4.53. The molecular formula is C16H29N3. The molecule has 1 aliphatic rings. The molecule has 1 N–H and O–H groups in total. The van der Waals surface area contributed by atoms with Crippen molar-refractivity contribution in [2.75, 3.05) is 19.6 Å². The molecule has 0 bridgehead atoms. The Bertz CT molecular complexity index is 408. The molecule has 0 amide bonds. The van der Waals surface area contributed by atoms with Crippen molar-refractivity contribution in [3.05, 3.63) is 23.0 Å². The number of likely N-dealkylation sites (tertiary alicyclic amines) is 1. The monoisotopic (exact) mass is 263 g/mol. The molecule has 2 rings (SSSR count). The number of aromatic nitrogens is 1. The first kappa shape index (κ1) is 14.6. The van der Waals surface area contributed by atoms with Crippen molar-refractivity contribution in [2.45, 2.75) is 59.7 Å². The average molecular weight is 263 g/mol. The van der Waals surface area contributed by atoms with Gasteiger partial charge in [-0.1, -0.05) is 6.92 Å². The number of aryl methyl sites for hydroxylation is 1. The Morgan fingerprint density at radius 1 is 1.26 bits per heavy atom. The molecule has 108 valence electrons. The van der Waals surface area contributed by atoms with Crippen LogP contribution in [0.3, 0.4) is 0 Å². The van der Waals surface area contributed by atoms with Crippen molar-refractivity contribution >= 4 is 0 Å². The van der Waals surface area contributed by atoms with Gasteiger partial charge in [0.25, 0.3) is 0 Å². The smallest absolute Gasteiger partial charge is 0.0226 e. The van der Waals surface area contributed by atoms with Gasteiger partial charge in [-0.3, -0.25) is 0 Å². The van der Waals surface area contributed by atoms with E-state index in [1.807, 2.05) is 0 Å². The highest BCUT2D eigenvalue weighted by molar-refractivity contribution is 5.26. The topological polar surface area (TPSA) is 20.2 Å². The van der Waals surface area contributed by atoms with E-state index in [1.54, 1.807) is 0 Å². The van der Waals surface area contributed by atoms with Crippen LogP contribution in [0.25, 0.3) is 0 Å². The summed E-state index contributed by atoms with van der Waals surface area (Å²) < 4.78 is 2.40. The maximum atomic E-state index is 3.75. The molecule has 1 aromatic rings. The van der Waals surface area contributed by atoms with Crippen molar-refractivity contribution in [1.29, 1.82) is 0 Å². The van der Waals surface area contributed by atoms with E-state index in [0.29, 0.717) is 6.04 Å². The summed E-state index contributed by atoms with van der Waals surface area (Å²) in [5.74, 6) is 0. The average Bonchev–Trinajstić information content (AvgIpc) is 2.71. The van der Waals surface area contributed by atoms with Gasteiger partial charge in [-0.2, -0.15) is 0 Å². The summed E-state index contributed by atoms with van der Waals surface area (Å²) in [5, 5.41) is 3.75. The zero-order valence-electron chi connectivity index (χ0n) is 13.0. The van der Waals surface area contributed by atoms with Gasteiger partial charge in [0.1, 0.15) is 0 Å². The van der Waals surface area contributed by atoms with E-state index in [9.17, 15) is 0 Å². The molecule has 0 radical (unpaired) electrons. The Morgan fingerprint density at radius 2 is 2.05 bits per heavy atom. The van der Waals surface area contributed by atoms with Crippen LogP contribution < -0.4 is 5.32 Å². The summed E-state index contributed by atoms with van der Waals surface area (Å²) in [6.07, 6.45) is 2.66. The van der Waals surface area contributed by atoms with Crippen molar-refractivity contribution in [2.24, 2.45) is 0 Å². The number of nitrogens with zero attached hydrogens (tertiary/aromatic N) is 2. The summed E-state index contributed by atoms with van der Waals surface area (Å²) in [4.78, 5) is 2.55. The molecule has 2 heterocycles. The third-order valence-corrected chi connectivity index (χ3v) is 4.53. The fourth-order valence-electron chi connectivity index (χ4n) is 3.30. The third kappa shape index (κ3) is 3.40. The molecule has 0 aromatic carbocycles. The van der Waals surface area contributed by atoms with Gasteiger partial charge in [-0.05, 0) is 58.3 Å². The first-order chi connectivity index (χ1) is 9.15. The van der Waals surface area contributed by atoms with Crippen LogP contribution in [0.2, 0.25) is 0 Å². The fraction of sp³-hybridized carbons (Fsp3) is 0.750. The quantitative estimate of drug-likeness (QED) is 0.881. The normalized spacial score (nSPS) is 20.9. The molecule has 0 spiro atoms. The van der Waals surface area contributed by atoms with E-state index in [2.05, 4.69) is 48.5 Å². The molecule has 1 atom stereocenters. The van der Waals surface area contributed by atoms with Crippen LogP contribution in [0.15, 0.2) is 6.07 Å². The lowest BCUT2D eigenvalue weighted by molar-refractivity contribution is 0.198. The second kappa shape index (κ2) is 6.58. The second-order valence-electron chi connectivity index (χ2n) is 5.75. The molecule has 19 heavy (non-hydrogen) atoms. The minimum absolute atomic E-state index is 0.665. The predicted molar refractivity (Wildman–Crippen MR) is 81.6 cm³/mol. The lowest BCUT2D eigenvalue weighted by Crippen LogP contribution is -2.45. The molecule has 3 nitrogen and oxygen atoms in total. The van der Waals surface area contributed by atoms with Gasteiger partial charge in [-0.15, -0.1) is 0 Å². The number of rotatable bonds is 5. The van der Waals surface area contributed by atoms with Gasteiger partial charge in [0, 0.05) is 37.1 Å². The molecule has 0 saturated carbocycles. The van der Waals surface area contributed by atoms with Crippen LogP contribution in [0.1, 0.15) is 43.6 Å². The predicted octanol–water partition coefficient (Wildman–Crippen LogP) is 2.70. The van der Waals surface area contributed by atoms with Gasteiger partial charge in [0.05, 0.1) is 0 Å². The number of hydrogen-bond donors (Lipinski definition) is 1. The van der Waals surface area contributed by atoms with Crippen LogP contribution >= 0.6 is 0 Å². The zero-order chi connectivity index (χ0) is 13.8. The van der Waals surface area contributed by atoms with Crippen LogP contribution in [0, 0.1) is 13.8 Å². The first-order valence-electron chi connectivity index (χ1n) is 7.77. The standard InChI is InChI=1S/C16H29N3/c1-5-18-9-7-8-16(12-18)17-11-15-10-13(3)19(6-2)14(15)4/h10,16-17H,5-9,11-12H2,1-4H3. The minimum Gasteiger partial charge on any atom is -0.349 e. The van der Waals surface area contributed by atoms with Gasteiger partial charge in [0.15, 0.2) is 0 Å². The van der Waals surface area contributed by atoms with E-state index in [-0.39, 0.29) is 0 Å². The van der Waals surface area contributed by atoms with Crippen molar-refractivity contribution in [1.82, 2.24) is 14.8 Å². The van der Waals surface area contributed by atoms with E-state index in [0.717, 1.165) is 13.1 Å². The lowest BCUT2D eigenvalue weighted by Gasteiger charge is -2.32. The van der Waals surface area contributed by atoms with Crippen LogP contribution in [-0.4, -0.2) is 35.1 Å². The maximum absolute atomic E-state index is 3.75. The number of piperidine rings is 1. The fourth-order valence-corrected chi connectivity index (χ4v) is 3.30. The van der Waals surface area contributed by atoms with Crippen molar-refractivity contribution in [3.8, 4) is 0 Å². The molecular weight excluding hydrogens is 234 g/mol. The lowest BCUT2D eigenvalue weighted by atomic mass is 10.1. The molecule has 1 aliphatic heterocycles. The SMILES string of the molecule is CCN1CCCC(NCc2cc(C)n(CC)c2C)C1. The van der Waals surface area contributed by atoms with E-state index >= 15 is 0 Å². The Kier molecular flexibility index (Phi) is 5.06. The highest BCUT2D eigenvalue weighted by Gasteiger charge is 2.18. The summed E-state index contributed by atoms with van der Waals surface area (Å²) in [5.41, 5.74) is 4.28. The molecule has 3 heteroatoms. The maximum Gasteiger partial charge on any atom is 0.0226 e. The van der Waals surface area contributed by atoms with Gasteiger partial charge >= 0.3 is 0 Å². The number of nitrogens with one attached hydrogen (secondary N) is 1. The summed E-state index contributed by atoms with van der Waals surface area (Å²) in [6.45, 7) is 14.7. The van der Waals surface area contributed by atoms with Crippen LogP contribution in [0.5, 0.6) is 0 Å². The Hall–Kier alpha value is -0.800. The summed E-state index contributed by atoms with van der Waals surface area (Å²) in [6, 6.07) is 3.00. The number of likely N-dealkylation sites (N-methyl/N-ethyl adjacent to an activating group) is 1. The van der Waals surface area contributed by atoms with Gasteiger partial charge in [-0.25, -0.2) is 0 Å². The summed E-state index contributed by atoms with van der Waals surface area (Å²) >= 11 is 0. The number of hydrogen-bond acceptors (Lipinski definition) is 2. The van der Waals surface area contributed by atoms with Gasteiger partial charge in [0.2, 0.25) is 0 Å². The second-order valence-corrected chi connectivity index (χ2v) is 5.75. The van der Waals surface area contributed by atoms with Crippen molar-refractivity contribution < 1.29 is 0 Å². The van der Waals surface area contributed by atoms with E-state index < -0.39 is 0 Å². The highest BCUT2D eigenvalue weighted by Crippen LogP contribution is 2.16. The molecule has 0 aliphatic carbocycles. The first-order valence-corrected chi connectivity index (χ1v) is 7.77. The Morgan fingerprint density at radius 3 is 2.68 bits per heavy atom. The summed E-state index contributed by atoms with van der Waals surface area (Å²) in [7, 11) is 0. The van der Waals surface area contributed by atoms with Crippen LogP contribution in [-0.2, 0) is 13.1 Å². The zero-order valence-corrected chi connectivity index (χ0v) is 13.0. The van der Waals surface area contributed by atoms with Crippen LogP contribution in [0.4, 0.5) is 0 Å². The highest BCUT2D eigenvalue weighted by atomic mass is 15.2. The largest absolute Gasteiger partial charge is 0.349 e. The van der Waals surface area contributed by atoms with E-state index in [4.69, 9.17) is 0 Å². The Balaban J connectivity index is 1.91. The molecule has 1 saturated heterocycles. The molecule has 1 aromatic heterocycles. The molecule has 1 unspecified atom stereocenters. The van der Waals surface area contributed by atoms with Gasteiger partial charge < -0.3 is 14.8 Å². The molecule has 1 fully saturated rings. The minimum atomic E-state index is 0.665. The van der Waals surface area contributed by atoms with Crippen molar-refractivity contribution in [3.63, 3.8) is 0 Å². The Labute approximate surface area is 118 Å².